The zero-order valence-corrected chi connectivity index (χ0v) is 24.4. The first kappa shape index (κ1) is 26.9. The monoisotopic (exact) mass is 549 g/mol. The van der Waals surface area contributed by atoms with Crippen LogP contribution in [0.2, 0.25) is 0 Å². The first-order valence-corrected chi connectivity index (χ1v) is 14.5. The van der Waals surface area contributed by atoms with Crippen molar-refractivity contribution in [1.82, 2.24) is 4.90 Å². The average Bonchev–Trinajstić information content (AvgIpc) is 3.82. The number of carbonyl (C=O) groups is 1. The van der Waals surface area contributed by atoms with E-state index in [1.807, 2.05) is 25.1 Å². The Morgan fingerprint density at radius 2 is 1.75 bits per heavy atom. The van der Waals surface area contributed by atoms with Crippen LogP contribution < -0.4 is 19.1 Å². The van der Waals surface area contributed by atoms with Gasteiger partial charge in [-0.1, -0.05) is 20.8 Å². The first-order valence-electron chi connectivity index (χ1n) is 14.5. The van der Waals surface area contributed by atoms with Crippen LogP contribution >= 0.6 is 0 Å². The van der Waals surface area contributed by atoms with Crippen molar-refractivity contribution in [2.75, 3.05) is 44.9 Å². The molecule has 2 heterocycles. The Balaban J connectivity index is 1.36. The summed E-state index contributed by atoms with van der Waals surface area (Å²) < 4.78 is 33.1. The summed E-state index contributed by atoms with van der Waals surface area (Å²) >= 11 is 0. The van der Waals surface area contributed by atoms with Gasteiger partial charge in [0.15, 0.2) is 23.1 Å². The third-order valence-corrected chi connectivity index (χ3v) is 9.05. The molecule has 2 saturated carbocycles. The van der Waals surface area contributed by atoms with E-state index in [0.717, 1.165) is 60.3 Å². The summed E-state index contributed by atoms with van der Waals surface area (Å²) in [5, 5.41) is 9.00. The number of hydrogen-bond donors (Lipinski definition) is 1. The van der Waals surface area contributed by atoms with Crippen molar-refractivity contribution < 1.29 is 23.4 Å². The lowest BCUT2D eigenvalue weighted by atomic mass is 9.84. The predicted molar refractivity (Wildman–Crippen MR) is 153 cm³/mol. The number of nitrogens with zero attached hydrogens (tertiary/aromatic N) is 2. The third kappa shape index (κ3) is 4.13. The number of carbonyl (C=O) groups excluding carboxylic acids is 1. The standard InChI is InChI=1S/C32H40FN3O4/c1-7-39-25-14-21-26(27(33)29(25)40-8-2)30(34)36(32(21)9-10-32)17-24(37)18-12-22(31(3,4)5)28(38-6)23(13-18)35-15-19-11-20(19)16-35/h12-14,19-20,34H,7-11,15-17H2,1-6H3/t19-,20?/m0/s1. The summed E-state index contributed by atoms with van der Waals surface area (Å²) in [5.41, 5.74) is 2.72. The number of hydrogen-bond acceptors (Lipinski definition) is 6. The van der Waals surface area contributed by atoms with Gasteiger partial charge in [0, 0.05) is 24.2 Å². The molecular formula is C32H40FN3O4. The Hall–Kier alpha value is -3.29. The van der Waals surface area contributed by atoms with Crippen molar-refractivity contribution in [3.63, 3.8) is 0 Å². The van der Waals surface area contributed by atoms with E-state index < -0.39 is 11.4 Å². The summed E-state index contributed by atoms with van der Waals surface area (Å²) in [6.07, 6.45) is 2.80. The predicted octanol–water partition coefficient (Wildman–Crippen LogP) is 5.90. The van der Waals surface area contributed by atoms with Gasteiger partial charge in [0.1, 0.15) is 11.6 Å². The van der Waals surface area contributed by atoms with Gasteiger partial charge in [0.2, 0.25) is 0 Å². The van der Waals surface area contributed by atoms with E-state index in [1.54, 1.807) is 18.9 Å². The molecule has 7 nitrogen and oxygen atoms in total. The largest absolute Gasteiger partial charge is 0.494 e. The number of ketones is 1. The summed E-state index contributed by atoms with van der Waals surface area (Å²) in [5.74, 6) is 2.06. The lowest BCUT2D eigenvalue weighted by Crippen LogP contribution is -2.38. The number of halogens is 1. The van der Waals surface area contributed by atoms with Crippen LogP contribution in [0.25, 0.3) is 0 Å². The number of piperidine rings is 1. The molecular weight excluding hydrogens is 509 g/mol. The fraction of sp³-hybridized carbons (Fsp3) is 0.562. The topological polar surface area (TPSA) is 75.1 Å². The number of benzene rings is 2. The molecule has 1 spiro atoms. The first-order chi connectivity index (χ1) is 19.0. The molecule has 0 amide bonds. The smallest absolute Gasteiger partial charge is 0.197 e. The molecule has 8 heteroatoms. The number of anilines is 1. The van der Waals surface area contributed by atoms with Crippen LogP contribution in [0.4, 0.5) is 10.1 Å². The molecule has 4 aliphatic rings. The van der Waals surface area contributed by atoms with E-state index in [1.165, 1.54) is 6.42 Å². The summed E-state index contributed by atoms with van der Waals surface area (Å²) in [6, 6.07) is 5.74. The quantitative estimate of drug-likeness (QED) is 0.393. The summed E-state index contributed by atoms with van der Waals surface area (Å²) in [6.45, 7) is 12.7. The highest BCUT2D eigenvalue weighted by Crippen LogP contribution is 2.59. The van der Waals surface area contributed by atoms with Gasteiger partial charge in [-0.15, -0.1) is 0 Å². The molecule has 214 valence electrons. The lowest BCUT2D eigenvalue weighted by Gasteiger charge is -2.30. The van der Waals surface area contributed by atoms with Gasteiger partial charge >= 0.3 is 0 Å². The molecule has 0 radical (unpaired) electrons. The van der Waals surface area contributed by atoms with Crippen molar-refractivity contribution in [2.24, 2.45) is 11.8 Å². The van der Waals surface area contributed by atoms with Gasteiger partial charge in [-0.05, 0) is 74.1 Å². The number of ether oxygens (including phenoxy) is 3. The number of nitrogens with one attached hydrogen (secondary N) is 1. The molecule has 1 unspecified atom stereocenters. The van der Waals surface area contributed by atoms with Crippen LogP contribution in [0.15, 0.2) is 18.2 Å². The van der Waals surface area contributed by atoms with Crippen LogP contribution in [0.1, 0.15) is 80.9 Å². The highest BCUT2D eigenvalue weighted by atomic mass is 19.1. The second-order valence-corrected chi connectivity index (χ2v) is 12.7. The molecule has 2 aliphatic heterocycles. The van der Waals surface area contributed by atoms with Crippen molar-refractivity contribution in [3.8, 4) is 17.2 Å². The van der Waals surface area contributed by atoms with Crippen molar-refractivity contribution in [3.05, 3.63) is 46.3 Å². The molecule has 2 aromatic carbocycles. The van der Waals surface area contributed by atoms with Crippen molar-refractivity contribution in [1.29, 1.82) is 5.41 Å². The van der Waals surface area contributed by atoms with Crippen LogP contribution in [-0.4, -0.2) is 56.5 Å². The average molecular weight is 550 g/mol. The van der Waals surface area contributed by atoms with E-state index in [2.05, 4.69) is 25.7 Å². The van der Waals surface area contributed by atoms with Crippen molar-refractivity contribution in [2.45, 2.75) is 64.8 Å². The van der Waals surface area contributed by atoms with Crippen LogP contribution in [0, 0.1) is 23.1 Å². The minimum absolute atomic E-state index is 0.00148. The molecule has 3 fully saturated rings. The minimum atomic E-state index is -0.580. The maximum Gasteiger partial charge on any atom is 0.197 e. The maximum absolute atomic E-state index is 15.9. The number of fused-ring (bicyclic) bond motifs is 3. The molecule has 2 aromatic rings. The Morgan fingerprint density at radius 3 is 2.33 bits per heavy atom. The molecule has 1 N–H and O–H groups in total. The maximum atomic E-state index is 15.9. The molecule has 2 atom stereocenters. The zero-order valence-electron chi connectivity index (χ0n) is 24.4. The molecule has 0 aromatic heterocycles. The Kier molecular flexibility index (Phi) is 6.31. The van der Waals surface area contributed by atoms with E-state index in [0.29, 0.717) is 17.9 Å². The highest BCUT2D eigenvalue weighted by molar-refractivity contribution is 6.08. The normalized spacial score (nSPS) is 21.9. The second kappa shape index (κ2) is 9.38. The van der Waals surface area contributed by atoms with E-state index >= 15 is 4.39 Å². The Labute approximate surface area is 236 Å². The van der Waals surface area contributed by atoms with Crippen LogP contribution in [0.5, 0.6) is 17.2 Å². The van der Waals surface area contributed by atoms with Gasteiger partial charge in [-0.25, -0.2) is 4.39 Å². The fourth-order valence-corrected chi connectivity index (χ4v) is 6.74. The highest BCUT2D eigenvalue weighted by Gasteiger charge is 2.58. The number of Topliss-reactive ketones (excluding diaryl/α,β-unsaturated/α-hetero) is 1. The van der Waals surface area contributed by atoms with E-state index in [4.69, 9.17) is 19.6 Å². The molecule has 0 bridgehead atoms. The van der Waals surface area contributed by atoms with Crippen LogP contribution in [-0.2, 0) is 11.0 Å². The Bertz CT molecular complexity index is 1380. The van der Waals surface area contributed by atoms with Crippen LogP contribution in [0.3, 0.4) is 0 Å². The zero-order chi connectivity index (χ0) is 28.6. The molecule has 2 aliphatic carbocycles. The molecule has 40 heavy (non-hydrogen) atoms. The van der Waals surface area contributed by atoms with Gasteiger partial charge in [-0.3, -0.25) is 10.2 Å². The van der Waals surface area contributed by atoms with Gasteiger partial charge in [0.05, 0.1) is 43.7 Å². The van der Waals surface area contributed by atoms with E-state index in [-0.39, 0.29) is 41.5 Å². The molecule has 6 rings (SSSR count). The summed E-state index contributed by atoms with van der Waals surface area (Å²) in [4.78, 5) is 18.2. The molecule has 1 saturated heterocycles. The number of methoxy groups -OCH3 is 1. The Morgan fingerprint density at radius 1 is 1.07 bits per heavy atom. The third-order valence-electron chi connectivity index (χ3n) is 9.05. The minimum Gasteiger partial charge on any atom is -0.494 e. The SMILES string of the molecule is CCOc1cc2c(c(F)c1OCC)C(=N)N(CC(=O)c1cc(N3CC4C[C@H]4C3)c(OC)c(C(C)(C)C)c1)C21CC1. The van der Waals surface area contributed by atoms with Gasteiger partial charge in [-0.2, -0.15) is 0 Å². The van der Waals surface area contributed by atoms with E-state index in [9.17, 15) is 4.79 Å². The van der Waals surface area contributed by atoms with Crippen molar-refractivity contribution >= 4 is 17.3 Å². The number of rotatable bonds is 9. The van der Waals surface area contributed by atoms with Gasteiger partial charge in [0.25, 0.3) is 0 Å². The van der Waals surface area contributed by atoms with Gasteiger partial charge < -0.3 is 24.0 Å². The summed E-state index contributed by atoms with van der Waals surface area (Å²) in [7, 11) is 1.70. The fourth-order valence-electron chi connectivity index (χ4n) is 6.74. The lowest BCUT2D eigenvalue weighted by molar-refractivity contribution is 0.0943. The number of amidine groups is 1. The second-order valence-electron chi connectivity index (χ2n) is 12.7.